The van der Waals surface area contributed by atoms with Gasteiger partial charge < -0.3 is 19.7 Å². The summed E-state index contributed by atoms with van der Waals surface area (Å²) in [5, 5.41) is 30.1. The Morgan fingerprint density at radius 1 is 1.13 bits per heavy atom. The smallest absolute Gasteiger partial charge is 0.335 e. The number of ether oxygens (including phenoxy) is 2. The molecule has 0 fully saturated rings. The van der Waals surface area contributed by atoms with E-state index in [1.54, 1.807) is 26.0 Å². The van der Waals surface area contributed by atoms with Crippen LogP contribution in [0.2, 0.25) is 0 Å². The Balaban J connectivity index is 1.93. The second-order valence-electron chi connectivity index (χ2n) is 6.74. The Morgan fingerprint density at radius 2 is 1.87 bits per heavy atom. The normalized spacial score (nSPS) is 11.2. The van der Waals surface area contributed by atoms with Gasteiger partial charge in [-0.25, -0.2) is 4.79 Å². The summed E-state index contributed by atoms with van der Waals surface area (Å²) in [6, 6.07) is 7.44. The Morgan fingerprint density at radius 3 is 2.50 bits per heavy atom. The van der Waals surface area contributed by atoms with E-state index < -0.39 is 10.9 Å². The predicted molar refractivity (Wildman–Crippen MR) is 112 cm³/mol. The van der Waals surface area contributed by atoms with E-state index in [9.17, 15) is 25.1 Å². The summed E-state index contributed by atoms with van der Waals surface area (Å²) >= 11 is 0. The van der Waals surface area contributed by atoms with E-state index in [0.717, 1.165) is 5.56 Å². The molecule has 0 aliphatic rings. The zero-order valence-corrected chi connectivity index (χ0v) is 17.2. The minimum atomic E-state index is -1.06. The number of aliphatic carboxylic acids is 1. The van der Waals surface area contributed by atoms with Crippen molar-refractivity contribution in [3.8, 4) is 17.2 Å². The number of rotatable bonds is 10. The minimum absolute atomic E-state index is 0.0556. The Bertz CT molecular complexity index is 966. The zero-order valence-electron chi connectivity index (χ0n) is 17.2. The first-order chi connectivity index (χ1) is 14.3. The zero-order chi connectivity index (χ0) is 22.3. The third-order valence-corrected chi connectivity index (χ3v) is 4.83. The first-order valence-electron chi connectivity index (χ1n) is 9.44. The highest BCUT2D eigenvalue weighted by atomic mass is 16.6. The number of phenols is 1. The lowest BCUT2D eigenvalue weighted by atomic mass is 10.0. The molecule has 0 saturated carbocycles. The van der Waals surface area contributed by atoms with Crippen molar-refractivity contribution in [1.29, 1.82) is 0 Å². The molecule has 2 aromatic carbocycles. The maximum atomic E-state index is 11.6. The first kappa shape index (κ1) is 22.7. The molecule has 0 spiro atoms. The Hall–Kier alpha value is -3.55. The molecule has 0 heterocycles. The van der Waals surface area contributed by atoms with Crippen molar-refractivity contribution in [2.75, 3.05) is 13.7 Å². The summed E-state index contributed by atoms with van der Waals surface area (Å²) in [4.78, 5) is 22.1. The van der Waals surface area contributed by atoms with Crippen molar-refractivity contribution in [3.63, 3.8) is 0 Å². The van der Waals surface area contributed by atoms with Crippen LogP contribution in [0, 0.1) is 24.0 Å². The monoisotopic (exact) mass is 415 g/mol. The molecule has 2 N–H and O–H groups in total. The lowest BCUT2D eigenvalue weighted by molar-refractivity contribution is -0.385. The number of benzene rings is 2. The number of aromatic hydroxyl groups is 1. The van der Waals surface area contributed by atoms with Gasteiger partial charge in [0, 0.05) is 17.2 Å². The van der Waals surface area contributed by atoms with E-state index in [-0.39, 0.29) is 22.8 Å². The van der Waals surface area contributed by atoms with Gasteiger partial charge in [-0.15, -0.1) is 0 Å². The van der Waals surface area contributed by atoms with Gasteiger partial charge in [0.15, 0.2) is 11.5 Å². The number of nitro benzene ring substituents is 1. The molecule has 8 nitrogen and oxygen atoms in total. The van der Waals surface area contributed by atoms with Gasteiger partial charge in [-0.1, -0.05) is 12.1 Å². The molecule has 0 aliphatic carbocycles. The van der Waals surface area contributed by atoms with Crippen molar-refractivity contribution in [3.05, 3.63) is 63.2 Å². The van der Waals surface area contributed by atoms with Gasteiger partial charge in [-0.05, 0) is 56.9 Å². The lowest BCUT2D eigenvalue weighted by Crippen LogP contribution is -2.02. The van der Waals surface area contributed by atoms with Crippen LogP contribution < -0.4 is 9.47 Å². The summed E-state index contributed by atoms with van der Waals surface area (Å²) in [6.07, 6.45) is 3.57. The number of unbranched alkanes of at least 4 members (excludes halogenated alkanes) is 2. The number of nitrogens with zero attached hydrogens (tertiary/aromatic N) is 1. The highest BCUT2D eigenvalue weighted by Gasteiger charge is 2.15. The van der Waals surface area contributed by atoms with Gasteiger partial charge >= 0.3 is 5.97 Å². The number of carboxylic acid groups (broad SMARTS) is 1. The number of nitro groups is 1. The summed E-state index contributed by atoms with van der Waals surface area (Å²) in [7, 11) is 1.40. The standard InChI is InChI=1S/C22H25NO7/c1-14-15(2)20(11-9-18(14)23(27)28)30-12-6-4-5-7-17(22(25)26)16-8-10-19(24)21(13-16)29-3/h7-11,13,24H,4-6,12H2,1-3H3,(H,25,26). The van der Waals surface area contributed by atoms with Crippen molar-refractivity contribution in [2.45, 2.75) is 33.1 Å². The van der Waals surface area contributed by atoms with Crippen LogP contribution in [-0.4, -0.2) is 34.8 Å². The quantitative estimate of drug-likeness (QED) is 0.251. The van der Waals surface area contributed by atoms with Crippen LogP contribution in [0.25, 0.3) is 5.57 Å². The van der Waals surface area contributed by atoms with Gasteiger partial charge in [0.05, 0.1) is 24.2 Å². The SMILES string of the molecule is COc1cc(C(=CCCCCOc2ccc([N+](=O)[O-])c(C)c2C)C(=O)O)ccc1O. The Kier molecular flexibility index (Phi) is 7.80. The van der Waals surface area contributed by atoms with E-state index in [1.807, 2.05) is 0 Å². The highest BCUT2D eigenvalue weighted by molar-refractivity contribution is 6.15. The van der Waals surface area contributed by atoms with Gasteiger partial charge in [0.1, 0.15) is 5.75 Å². The molecule has 8 heteroatoms. The van der Waals surface area contributed by atoms with Gasteiger partial charge in [0.2, 0.25) is 0 Å². The van der Waals surface area contributed by atoms with Crippen molar-refractivity contribution >= 4 is 17.2 Å². The maximum absolute atomic E-state index is 11.6. The number of hydrogen-bond acceptors (Lipinski definition) is 6. The molecule has 0 aliphatic heterocycles. The van der Waals surface area contributed by atoms with Crippen LogP contribution in [0.15, 0.2) is 36.4 Å². The molecule has 0 radical (unpaired) electrons. The minimum Gasteiger partial charge on any atom is -0.504 e. The van der Waals surface area contributed by atoms with Crippen LogP contribution in [0.3, 0.4) is 0 Å². The van der Waals surface area contributed by atoms with E-state index in [2.05, 4.69) is 0 Å². The molecule has 0 bridgehead atoms. The number of carbonyl (C=O) groups is 1. The fraction of sp³-hybridized carbons (Fsp3) is 0.318. The number of methoxy groups -OCH3 is 1. The lowest BCUT2D eigenvalue weighted by Gasteiger charge is -2.11. The van der Waals surface area contributed by atoms with Gasteiger partial charge in [-0.3, -0.25) is 10.1 Å². The number of phenolic OH excluding ortho intramolecular Hbond substituents is 1. The molecule has 0 aromatic heterocycles. The van der Waals surface area contributed by atoms with E-state index in [0.29, 0.717) is 42.7 Å². The number of carboxylic acids is 1. The average molecular weight is 415 g/mol. The molecule has 160 valence electrons. The Labute approximate surface area is 174 Å². The largest absolute Gasteiger partial charge is 0.504 e. The summed E-state index contributed by atoms with van der Waals surface area (Å²) < 4.78 is 10.8. The fourth-order valence-electron chi connectivity index (χ4n) is 2.98. The van der Waals surface area contributed by atoms with Crippen LogP contribution >= 0.6 is 0 Å². The number of allylic oxidation sites excluding steroid dienone is 1. The second kappa shape index (κ2) is 10.3. The summed E-state index contributed by atoms with van der Waals surface area (Å²) in [6.45, 7) is 3.89. The van der Waals surface area contributed by atoms with E-state index in [1.165, 1.54) is 31.4 Å². The summed E-state index contributed by atoms with van der Waals surface area (Å²) in [5.74, 6) is -0.297. The molecule has 2 aromatic rings. The maximum Gasteiger partial charge on any atom is 0.335 e. The van der Waals surface area contributed by atoms with Crippen LogP contribution in [0.1, 0.15) is 36.0 Å². The molecule has 0 saturated heterocycles. The van der Waals surface area contributed by atoms with Crippen molar-refractivity contribution < 1.29 is 29.4 Å². The second-order valence-corrected chi connectivity index (χ2v) is 6.74. The van der Waals surface area contributed by atoms with Gasteiger partial charge in [0.25, 0.3) is 5.69 Å². The molecule has 2 rings (SSSR count). The predicted octanol–water partition coefficient (Wildman–Crippen LogP) is 4.64. The van der Waals surface area contributed by atoms with Crippen LogP contribution in [0.4, 0.5) is 5.69 Å². The van der Waals surface area contributed by atoms with Gasteiger partial charge in [-0.2, -0.15) is 0 Å². The number of hydrogen-bond donors (Lipinski definition) is 2. The van der Waals surface area contributed by atoms with E-state index >= 15 is 0 Å². The average Bonchev–Trinajstić information content (AvgIpc) is 2.70. The third-order valence-electron chi connectivity index (χ3n) is 4.83. The summed E-state index contributed by atoms with van der Waals surface area (Å²) in [5.41, 5.74) is 1.97. The molecule has 30 heavy (non-hydrogen) atoms. The van der Waals surface area contributed by atoms with Crippen molar-refractivity contribution in [1.82, 2.24) is 0 Å². The third kappa shape index (κ3) is 5.50. The fourth-order valence-corrected chi connectivity index (χ4v) is 2.98. The topological polar surface area (TPSA) is 119 Å². The molecular weight excluding hydrogens is 390 g/mol. The molecule has 0 atom stereocenters. The first-order valence-corrected chi connectivity index (χ1v) is 9.44. The highest BCUT2D eigenvalue weighted by Crippen LogP contribution is 2.30. The molecule has 0 amide bonds. The molecular formula is C22H25NO7. The molecule has 0 unspecified atom stereocenters. The van der Waals surface area contributed by atoms with Crippen LogP contribution in [-0.2, 0) is 4.79 Å². The van der Waals surface area contributed by atoms with Crippen molar-refractivity contribution in [2.24, 2.45) is 0 Å². The van der Waals surface area contributed by atoms with Crippen LogP contribution in [0.5, 0.6) is 17.2 Å². The van der Waals surface area contributed by atoms with E-state index in [4.69, 9.17) is 9.47 Å².